The fourth-order valence-electron chi connectivity index (χ4n) is 10.6. The second-order valence-corrected chi connectivity index (χ2v) is 17.0. The Morgan fingerprint density at radius 1 is 0.348 bits per heavy atom. The van der Waals surface area contributed by atoms with Crippen LogP contribution in [0.3, 0.4) is 0 Å². The van der Waals surface area contributed by atoms with Gasteiger partial charge >= 0.3 is 0 Å². The molecule has 0 fully saturated rings. The molecule has 1 aliphatic heterocycles. The molecular weight excluding hydrogens is 813 g/mol. The molecule has 1 aliphatic carbocycles. The molecule has 0 saturated heterocycles. The summed E-state index contributed by atoms with van der Waals surface area (Å²) in [6.07, 6.45) is 0. The lowest BCUT2D eigenvalue weighted by atomic mass is 9.64. The maximum atomic E-state index is 10.4. The normalized spacial score (nSPS) is 12.9. The number of rotatable bonds is 10. The highest BCUT2D eigenvalue weighted by atomic mass is 16.5. The first-order valence-electron chi connectivity index (χ1n) is 22.5. The van der Waals surface area contributed by atoms with Crippen LogP contribution in [0, 0.1) is 0 Å². The van der Waals surface area contributed by atoms with Crippen molar-refractivity contribution in [2.75, 3.05) is 26.4 Å². The van der Waals surface area contributed by atoms with Crippen molar-refractivity contribution in [3.8, 4) is 78.6 Å². The third kappa shape index (κ3) is 6.16. The number of ether oxygens (including phenoxy) is 3. The van der Waals surface area contributed by atoms with Gasteiger partial charge in [-0.3, -0.25) is 0 Å². The van der Waals surface area contributed by atoms with Gasteiger partial charge in [-0.1, -0.05) is 182 Å². The molecule has 10 aromatic carbocycles. The maximum Gasteiger partial charge on any atom is 0.143 e. The van der Waals surface area contributed by atoms with Gasteiger partial charge < -0.3 is 24.4 Å². The molecule has 10 aromatic rings. The Hall–Kier alpha value is -7.96. The van der Waals surface area contributed by atoms with Crippen LogP contribution in [0.15, 0.2) is 206 Å². The van der Waals surface area contributed by atoms with Crippen molar-refractivity contribution in [1.29, 1.82) is 0 Å². The molecule has 5 nitrogen and oxygen atoms in total. The minimum Gasteiger partial charge on any atom is -0.490 e. The molecule has 0 bridgehead atoms. The van der Waals surface area contributed by atoms with Gasteiger partial charge in [0.1, 0.15) is 36.2 Å². The zero-order valence-electron chi connectivity index (χ0n) is 36.1. The van der Waals surface area contributed by atoms with E-state index in [1.807, 2.05) is 12.1 Å². The molecule has 0 aromatic heterocycles. The fourth-order valence-corrected chi connectivity index (χ4v) is 10.6. The zero-order chi connectivity index (χ0) is 44.2. The van der Waals surface area contributed by atoms with E-state index in [1.54, 1.807) is 0 Å². The summed E-state index contributed by atoms with van der Waals surface area (Å²) in [5.74, 6) is 2.54. The summed E-state index contributed by atoms with van der Waals surface area (Å²) in [5, 5.41) is 25.2. The second kappa shape index (κ2) is 16.2. The van der Waals surface area contributed by atoms with Crippen molar-refractivity contribution >= 4 is 21.5 Å². The summed E-state index contributed by atoms with van der Waals surface area (Å²) in [4.78, 5) is 0. The van der Waals surface area contributed by atoms with Gasteiger partial charge in [-0.15, -0.1) is 0 Å². The van der Waals surface area contributed by atoms with E-state index >= 15 is 0 Å². The molecule has 2 N–H and O–H groups in total. The van der Waals surface area contributed by atoms with Crippen LogP contribution < -0.4 is 14.2 Å². The minimum absolute atomic E-state index is 0.0779. The molecule has 66 heavy (non-hydrogen) atoms. The van der Waals surface area contributed by atoms with Crippen LogP contribution in [0.1, 0.15) is 22.3 Å². The van der Waals surface area contributed by atoms with E-state index in [0.717, 1.165) is 99.4 Å². The summed E-state index contributed by atoms with van der Waals surface area (Å²) in [5.41, 5.74) is 12.7. The lowest BCUT2D eigenvalue weighted by Gasteiger charge is -2.42. The van der Waals surface area contributed by atoms with Crippen LogP contribution in [0.4, 0.5) is 0 Å². The first-order valence-corrected chi connectivity index (χ1v) is 22.5. The standard InChI is InChI=1S/C61H44O5/c62-31-33-64-57-49(41-17-3-1-4-18-41)37-53-59(55(57)45-29-27-39-15-7-9-21-43(39)35-45)66-60-54(61(53)51-25-13-11-23-47(51)48-24-12-14-26-52(48)61)38-50(42-19-5-2-6-20-42)58(65-34-32-63)56(60)46-30-28-40-16-8-10-22-44(40)36-46/h1-30,35-38,62-63H,31-34H2. The number of aliphatic hydroxyl groups is 2. The van der Waals surface area contributed by atoms with Crippen molar-refractivity contribution in [3.05, 3.63) is 229 Å². The van der Waals surface area contributed by atoms with E-state index < -0.39 is 5.41 Å². The van der Waals surface area contributed by atoms with Gasteiger partial charge in [0.05, 0.1) is 29.8 Å². The third-order valence-electron chi connectivity index (χ3n) is 13.3. The number of hydrogen-bond donors (Lipinski definition) is 2. The number of aliphatic hydroxyl groups excluding tert-OH is 2. The predicted molar refractivity (Wildman–Crippen MR) is 266 cm³/mol. The van der Waals surface area contributed by atoms with E-state index in [1.165, 1.54) is 0 Å². The van der Waals surface area contributed by atoms with Gasteiger partial charge in [0.25, 0.3) is 0 Å². The zero-order valence-corrected chi connectivity index (χ0v) is 36.1. The predicted octanol–water partition coefficient (Wildman–Crippen LogP) is 13.9. The van der Waals surface area contributed by atoms with Gasteiger partial charge in [0, 0.05) is 22.3 Å². The topological polar surface area (TPSA) is 68.2 Å². The Labute approximate surface area is 383 Å². The van der Waals surface area contributed by atoms with Gasteiger partial charge in [-0.05, 0) is 90.3 Å². The molecule has 0 radical (unpaired) electrons. The first-order chi connectivity index (χ1) is 32.7. The van der Waals surface area contributed by atoms with E-state index in [-0.39, 0.29) is 26.4 Å². The number of benzene rings is 10. The van der Waals surface area contributed by atoms with Gasteiger partial charge in [0.15, 0.2) is 0 Å². The fraction of sp³-hybridized carbons (Fsp3) is 0.0820. The Balaban J connectivity index is 1.31. The van der Waals surface area contributed by atoms with Crippen molar-refractivity contribution in [1.82, 2.24) is 0 Å². The van der Waals surface area contributed by atoms with Crippen LogP contribution in [0.2, 0.25) is 0 Å². The van der Waals surface area contributed by atoms with Crippen molar-refractivity contribution in [2.24, 2.45) is 0 Å². The smallest absolute Gasteiger partial charge is 0.143 e. The Bertz CT molecular complexity index is 3250. The lowest BCUT2D eigenvalue weighted by molar-refractivity contribution is 0.201. The molecule has 0 saturated carbocycles. The summed E-state index contributed by atoms with van der Waals surface area (Å²) < 4.78 is 21.5. The number of hydrogen-bond acceptors (Lipinski definition) is 5. The third-order valence-corrected chi connectivity index (χ3v) is 13.3. The van der Waals surface area contributed by atoms with Crippen LogP contribution in [0.5, 0.6) is 23.0 Å². The highest BCUT2D eigenvalue weighted by Gasteiger charge is 2.53. The molecule has 12 rings (SSSR count). The van der Waals surface area contributed by atoms with Gasteiger partial charge in [-0.2, -0.15) is 0 Å². The summed E-state index contributed by atoms with van der Waals surface area (Å²) >= 11 is 0. The molecule has 2 aliphatic rings. The molecule has 5 heteroatoms. The molecule has 1 heterocycles. The lowest BCUT2D eigenvalue weighted by Crippen LogP contribution is -2.33. The van der Waals surface area contributed by atoms with Crippen LogP contribution in [-0.2, 0) is 5.41 Å². The average Bonchev–Trinajstić information content (AvgIpc) is 3.67. The van der Waals surface area contributed by atoms with E-state index in [4.69, 9.17) is 14.2 Å². The molecule has 0 atom stereocenters. The molecule has 318 valence electrons. The van der Waals surface area contributed by atoms with Crippen LogP contribution in [0.25, 0.3) is 77.2 Å². The second-order valence-electron chi connectivity index (χ2n) is 17.0. The summed E-state index contributed by atoms with van der Waals surface area (Å²) in [7, 11) is 0. The quantitative estimate of drug-likeness (QED) is 0.143. The average molecular weight is 857 g/mol. The maximum absolute atomic E-state index is 10.4. The molecule has 1 spiro atoms. The van der Waals surface area contributed by atoms with Crippen molar-refractivity contribution in [2.45, 2.75) is 5.41 Å². The van der Waals surface area contributed by atoms with Crippen LogP contribution in [-0.4, -0.2) is 36.6 Å². The highest BCUT2D eigenvalue weighted by molar-refractivity contribution is 6.01. The Morgan fingerprint density at radius 3 is 1.18 bits per heavy atom. The molecular formula is C61H44O5. The van der Waals surface area contributed by atoms with E-state index in [2.05, 4.69) is 194 Å². The van der Waals surface area contributed by atoms with Crippen LogP contribution >= 0.6 is 0 Å². The number of fused-ring (bicyclic) bond motifs is 11. The monoisotopic (exact) mass is 856 g/mol. The molecule has 0 unspecified atom stereocenters. The summed E-state index contributed by atoms with van der Waals surface area (Å²) in [6.45, 7) is -0.184. The van der Waals surface area contributed by atoms with Gasteiger partial charge in [0.2, 0.25) is 0 Å². The largest absolute Gasteiger partial charge is 0.490 e. The Kier molecular flexibility index (Phi) is 9.75. The van der Waals surface area contributed by atoms with Crippen molar-refractivity contribution < 1.29 is 24.4 Å². The minimum atomic E-state index is -0.925. The highest BCUT2D eigenvalue weighted by Crippen LogP contribution is 2.68. The van der Waals surface area contributed by atoms with E-state index in [0.29, 0.717) is 23.0 Å². The van der Waals surface area contributed by atoms with Crippen molar-refractivity contribution in [3.63, 3.8) is 0 Å². The van der Waals surface area contributed by atoms with E-state index in [9.17, 15) is 10.2 Å². The first kappa shape index (κ1) is 39.6. The Morgan fingerprint density at radius 2 is 0.742 bits per heavy atom. The molecule has 0 amide bonds. The SMILES string of the molecule is OCCOc1c(-c2ccccc2)cc2c(c1-c1ccc3ccccc3c1)Oc1c(cc(-c3ccccc3)c(OCCO)c1-c1ccc3ccccc3c1)C21c2ccccc2-c2ccccc21. The van der Waals surface area contributed by atoms with Gasteiger partial charge in [-0.25, -0.2) is 0 Å². The summed E-state index contributed by atoms with van der Waals surface area (Å²) in [6, 6.07) is 72.7.